The normalized spacial score (nSPS) is 13.3. The molecule has 3 heteroatoms. The fourth-order valence-corrected chi connectivity index (χ4v) is 2.47. The average Bonchev–Trinajstić information content (AvgIpc) is 2.36. The second kappa shape index (κ2) is 6.86. The molecule has 2 N–H and O–H groups in total. The Kier molecular flexibility index (Phi) is 5.76. The lowest BCUT2D eigenvalue weighted by Gasteiger charge is -2.34. The predicted octanol–water partition coefficient (Wildman–Crippen LogP) is 3.25. The van der Waals surface area contributed by atoms with Gasteiger partial charge in [0, 0.05) is 18.6 Å². The van der Waals surface area contributed by atoms with Crippen LogP contribution in [-0.2, 0) is 0 Å². The minimum absolute atomic E-state index is 0.0880. The molecule has 1 unspecified atom stereocenters. The first-order chi connectivity index (χ1) is 8.54. The molecule has 0 amide bonds. The molecule has 0 fully saturated rings. The number of hydrogen-bond donors (Lipinski definition) is 1. The van der Waals surface area contributed by atoms with Crippen molar-refractivity contribution in [2.75, 3.05) is 13.6 Å². The summed E-state index contributed by atoms with van der Waals surface area (Å²) in [5.74, 6) is -0.149. The van der Waals surface area contributed by atoms with Gasteiger partial charge in [-0.3, -0.25) is 4.90 Å². The third kappa shape index (κ3) is 3.30. The van der Waals surface area contributed by atoms with Gasteiger partial charge in [0.15, 0.2) is 0 Å². The van der Waals surface area contributed by atoms with E-state index in [9.17, 15) is 4.39 Å². The highest BCUT2D eigenvalue weighted by Gasteiger charge is 2.21. The first-order valence-corrected chi connectivity index (χ1v) is 6.73. The molecule has 0 saturated heterocycles. The number of rotatable bonds is 6. The lowest BCUT2D eigenvalue weighted by molar-refractivity contribution is 0.167. The molecule has 1 aromatic carbocycles. The zero-order valence-corrected chi connectivity index (χ0v) is 11.9. The topological polar surface area (TPSA) is 29.3 Å². The summed E-state index contributed by atoms with van der Waals surface area (Å²) in [6.07, 6.45) is 2.16. The zero-order valence-electron chi connectivity index (χ0n) is 11.9. The van der Waals surface area contributed by atoms with Gasteiger partial charge in [0.2, 0.25) is 0 Å². The van der Waals surface area contributed by atoms with Crippen molar-refractivity contribution in [3.8, 4) is 0 Å². The molecule has 0 aliphatic carbocycles. The molecule has 1 aromatic rings. The van der Waals surface area contributed by atoms with Crippen molar-refractivity contribution in [2.45, 2.75) is 45.7 Å². The summed E-state index contributed by atoms with van der Waals surface area (Å²) in [4.78, 5) is 2.27. The largest absolute Gasteiger partial charge is 0.329 e. The number of benzene rings is 1. The Hall–Kier alpha value is -0.930. The van der Waals surface area contributed by atoms with Crippen molar-refractivity contribution in [2.24, 2.45) is 5.73 Å². The van der Waals surface area contributed by atoms with Gasteiger partial charge in [-0.25, -0.2) is 4.39 Å². The van der Waals surface area contributed by atoms with Crippen LogP contribution in [0.15, 0.2) is 18.2 Å². The molecule has 0 aliphatic heterocycles. The number of likely N-dealkylation sites (N-methyl/N-ethyl adjacent to an activating group) is 1. The lowest BCUT2D eigenvalue weighted by atomic mass is 10.0. The molecule has 0 aliphatic rings. The molecule has 0 saturated carbocycles. The molecule has 18 heavy (non-hydrogen) atoms. The maximum atomic E-state index is 13.6. The van der Waals surface area contributed by atoms with Crippen LogP contribution in [0.5, 0.6) is 0 Å². The quantitative estimate of drug-likeness (QED) is 0.842. The van der Waals surface area contributed by atoms with Gasteiger partial charge in [0.25, 0.3) is 0 Å². The van der Waals surface area contributed by atoms with E-state index in [4.69, 9.17) is 5.73 Å². The van der Waals surface area contributed by atoms with Crippen molar-refractivity contribution >= 4 is 0 Å². The van der Waals surface area contributed by atoms with Crippen LogP contribution in [-0.4, -0.2) is 24.5 Å². The average molecular weight is 252 g/mol. The van der Waals surface area contributed by atoms with Crippen LogP contribution < -0.4 is 5.73 Å². The van der Waals surface area contributed by atoms with E-state index in [1.54, 1.807) is 13.0 Å². The van der Waals surface area contributed by atoms with Gasteiger partial charge >= 0.3 is 0 Å². The molecule has 0 bridgehead atoms. The third-order valence-corrected chi connectivity index (χ3v) is 3.81. The van der Waals surface area contributed by atoms with Gasteiger partial charge in [-0.05, 0) is 44.0 Å². The van der Waals surface area contributed by atoms with E-state index in [0.29, 0.717) is 18.2 Å². The Morgan fingerprint density at radius 3 is 2.33 bits per heavy atom. The van der Waals surface area contributed by atoms with Crippen molar-refractivity contribution in [3.05, 3.63) is 35.1 Å². The number of nitrogens with two attached hydrogens (primary N) is 1. The highest BCUT2D eigenvalue weighted by Crippen LogP contribution is 2.24. The van der Waals surface area contributed by atoms with Gasteiger partial charge in [-0.15, -0.1) is 0 Å². The monoisotopic (exact) mass is 252 g/mol. The smallest absolute Gasteiger partial charge is 0.126 e. The van der Waals surface area contributed by atoms with E-state index >= 15 is 0 Å². The second-order valence-corrected chi connectivity index (χ2v) is 4.90. The number of nitrogens with zero attached hydrogens (tertiary/aromatic N) is 1. The molecule has 2 nitrogen and oxygen atoms in total. The Labute approximate surface area is 110 Å². The number of halogens is 1. The van der Waals surface area contributed by atoms with Crippen LogP contribution in [0.3, 0.4) is 0 Å². The van der Waals surface area contributed by atoms with Crippen LogP contribution in [0.4, 0.5) is 4.39 Å². The minimum Gasteiger partial charge on any atom is -0.329 e. The molecule has 0 radical (unpaired) electrons. The third-order valence-electron chi connectivity index (χ3n) is 3.81. The van der Waals surface area contributed by atoms with Crippen LogP contribution in [0, 0.1) is 12.7 Å². The van der Waals surface area contributed by atoms with E-state index in [2.05, 4.69) is 25.8 Å². The molecule has 0 aromatic heterocycles. The second-order valence-electron chi connectivity index (χ2n) is 4.90. The SMILES string of the molecule is CCC(CC)N(C)C(CN)c1ccc(C)c(F)c1. The summed E-state index contributed by atoms with van der Waals surface area (Å²) in [5, 5.41) is 0. The first-order valence-electron chi connectivity index (χ1n) is 6.73. The molecule has 0 spiro atoms. The highest BCUT2D eigenvalue weighted by molar-refractivity contribution is 5.26. The maximum absolute atomic E-state index is 13.6. The van der Waals surface area contributed by atoms with Crippen molar-refractivity contribution in [1.29, 1.82) is 0 Å². The lowest BCUT2D eigenvalue weighted by Crippen LogP contribution is -2.38. The first kappa shape index (κ1) is 15.1. The Bertz CT molecular complexity index is 375. The number of aryl methyl sites for hydroxylation is 1. The van der Waals surface area contributed by atoms with E-state index < -0.39 is 0 Å². The highest BCUT2D eigenvalue weighted by atomic mass is 19.1. The van der Waals surface area contributed by atoms with Crippen LogP contribution in [0.1, 0.15) is 43.9 Å². The van der Waals surface area contributed by atoms with Crippen molar-refractivity contribution in [3.63, 3.8) is 0 Å². The predicted molar refractivity (Wildman–Crippen MR) is 75.1 cm³/mol. The molecule has 1 atom stereocenters. The summed E-state index contributed by atoms with van der Waals surface area (Å²) in [6.45, 7) is 6.64. The van der Waals surface area contributed by atoms with Gasteiger partial charge in [0.05, 0.1) is 0 Å². The van der Waals surface area contributed by atoms with Gasteiger partial charge in [-0.1, -0.05) is 26.0 Å². The zero-order chi connectivity index (χ0) is 13.7. The van der Waals surface area contributed by atoms with Crippen molar-refractivity contribution < 1.29 is 4.39 Å². The fourth-order valence-electron chi connectivity index (χ4n) is 2.47. The van der Waals surface area contributed by atoms with E-state index in [0.717, 1.165) is 18.4 Å². The standard InChI is InChI=1S/C15H25FN2/c1-5-13(6-2)18(4)15(10-17)12-8-7-11(3)14(16)9-12/h7-9,13,15H,5-6,10,17H2,1-4H3. The van der Waals surface area contributed by atoms with Crippen LogP contribution >= 0.6 is 0 Å². The maximum Gasteiger partial charge on any atom is 0.126 e. The van der Waals surface area contributed by atoms with E-state index in [-0.39, 0.29) is 11.9 Å². The minimum atomic E-state index is -0.149. The van der Waals surface area contributed by atoms with Gasteiger partial charge < -0.3 is 5.73 Å². The van der Waals surface area contributed by atoms with Gasteiger partial charge in [0.1, 0.15) is 5.82 Å². The summed E-state index contributed by atoms with van der Waals surface area (Å²) >= 11 is 0. The van der Waals surface area contributed by atoms with Gasteiger partial charge in [-0.2, -0.15) is 0 Å². The fraction of sp³-hybridized carbons (Fsp3) is 0.600. The van der Waals surface area contributed by atoms with Crippen molar-refractivity contribution in [1.82, 2.24) is 4.90 Å². The summed E-state index contributed by atoms with van der Waals surface area (Å²) < 4.78 is 13.6. The molecule has 1 rings (SSSR count). The Balaban J connectivity index is 2.97. The molecular formula is C15H25FN2. The summed E-state index contributed by atoms with van der Waals surface area (Å²) in [6, 6.07) is 6.00. The summed E-state index contributed by atoms with van der Waals surface area (Å²) in [7, 11) is 2.08. The Morgan fingerprint density at radius 1 is 1.28 bits per heavy atom. The number of hydrogen-bond acceptors (Lipinski definition) is 2. The molecule has 102 valence electrons. The molecular weight excluding hydrogens is 227 g/mol. The van der Waals surface area contributed by atoms with E-state index in [1.807, 2.05) is 12.1 Å². The molecule has 0 heterocycles. The van der Waals surface area contributed by atoms with Crippen LogP contribution in [0.25, 0.3) is 0 Å². The summed E-state index contributed by atoms with van der Waals surface area (Å²) in [5.41, 5.74) is 7.52. The van der Waals surface area contributed by atoms with E-state index in [1.165, 1.54) is 0 Å². The van der Waals surface area contributed by atoms with Crippen LogP contribution in [0.2, 0.25) is 0 Å². The Morgan fingerprint density at radius 2 is 1.89 bits per heavy atom.